The maximum Gasteiger partial charge on any atom is 0.433 e. The van der Waals surface area contributed by atoms with Gasteiger partial charge in [0, 0.05) is 13.3 Å². The van der Waals surface area contributed by atoms with Crippen LogP contribution >= 0.6 is 0 Å². The van der Waals surface area contributed by atoms with Gasteiger partial charge in [0.05, 0.1) is 0 Å². The first-order valence-electron chi connectivity index (χ1n) is 4.30. The van der Waals surface area contributed by atoms with Crippen LogP contribution < -0.4 is 5.32 Å². The minimum Gasteiger partial charge on any atom is -0.323 e. The lowest BCUT2D eigenvalue weighted by Gasteiger charge is -2.22. The third kappa shape index (κ3) is 5.22. The maximum atomic E-state index is 10.6. The van der Waals surface area contributed by atoms with Crippen LogP contribution in [0.1, 0.15) is 27.7 Å². The minimum absolute atomic E-state index is 0.134. The van der Waals surface area contributed by atoms with Crippen molar-refractivity contribution in [1.82, 2.24) is 5.32 Å². The van der Waals surface area contributed by atoms with E-state index in [-0.39, 0.29) is 11.3 Å². The van der Waals surface area contributed by atoms with E-state index in [1.807, 2.05) is 6.92 Å². The van der Waals surface area contributed by atoms with Crippen molar-refractivity contribution in [2.45, 2.75) is 27.7 Å². The largest absolute Gasteiger partial charge is 0.433 e. The molecule has 4 nitrogen and oxygen atoms in total. The lowest BCUT2D eigenvalue weighted by molar-refractivity contribution is 0.152. The van der Waals surface area contributed by atoms with Crippen LogP contribution in [0.2, 0.25) is 0 Å². The highest BCUT2D eigenvalue weighted by Crippen LogP contribution is 2.23. The van der Waals surface area contributed by atoms with Crippen LogP contribution in [0.15, 0.2) is 5.16 Å². The molecule has 0 aromatic rings. The van der Waals surface area contributed by atoms with Crippen molar-refractivity contribution >= 4 is 12.3 Å². The van der Waals surface area contributed by atoms with E-state index in [1.54, 1.807) is 6.21 Å². The third-order valence-electron chi connectivity index (χ3n) is 1.99. The normalized spacial score (nSPS) is 14.2. The van der Waals surface area contributed by atoms with E-state index in [2.05, 4.69) is 36.1 Å². The van der Waals surface area contributed by atoms with Crippen LogP contribution in [0.5, 0.6) is 0 Å². The Kier molecular flexibility index (Phi) is 4.45. The number of amides is 1. The van der Waals surface area contributed by atoms with Crippen molar-refractivity contribution < 1.29 is 9.63 Å². The number of rotatable bonds is 2. The van der Waals surface area contributed by atoms with E-state index in [0.29, 0.717) is 0 Å². The zero-order valence-corrected chi connectivity index (χ0v) is 8.92. The Labute approximate surface area is 79.3 Å². The molecular weight excluding hydrogens is 168 g/mol. The van der Waals surface area contributed by atoms with Crippen LogP contribution in [-0.4, -0.2) is 19.4 Å². The second-order valence-corrected chi connectivity index (χ2v) is 4.04. The molecule has 1 unspecified atom stereocenters. The molecule has 4 heteroatoms. The zero-order chi connectivity index (χ0) is 10.5. The zero-order valence-electron chi connectivity index (χ0n) is 8.92. The topological polar surface area (TPSA) is 50.7 Å². The molecular formula is C9H18N2O2. The molecule has 0 saturated carbocycles. The number of nitrogens with one attached hydrogen (secondary N) is 1. The van der Waals surface area contributed by atoms with Gasteiger partial charge in [-0.1, -0.05) is 32.9 Å². The van der Waals surface area contributed by atoms with Gasteiger partial charge in [0.15, 0.2) is 0 Å². The number of carbonyl (C=O) groups excluding carboxylic acids is 1. The van der Waals surface area contributed by atoms with Gasteiger partial charge in [0.25, 0.3) is 0 Å². The molecule has 0 heterocycles. The lowest BCUT2D eigenvalue weighted by atomic mass is 9.83. The summed E-state index contributed by atoms with van der Waals surface area (Å²) < 4.78 is 0. The van der Waals surface area contributed by atoms with Crippen molar-refractivity contribution in [2.75, 3.05) is 7.05 Å². The first-order valence-corrected chi connectivity index (χ1v) is 4.30. The van der Waals surface area contributed by atoms with E-state index in [1.165, 1.54) is 7.05 Å². The summed E-state index contributed by atoms with van der Waals surface area (Å²) in [6.45, 7) is 8.33. The third-order valence-corrected chi connectivity index (χ3v) is 1.99. The summed E-state index contributed by atoms with van der Waals surface area (Å²) in [6, 6.07) is 0. The average molecular weight is 186 g/mol. The van der Waals surface area contributed by atoms with E-state index >= 15 is 0 Å². The Hall–Kier alpha value is -1.06. The molecule has 0 aliphatic carbocycles. The molecule has 1 amide bonds. The second-order valence-electron chi connectivity index (χ2n) is 4.04. The molecule has 0 aliphatic heterocycles. The van der Waals surface area contributed by atoms with Crippen molar-refractivity contribution in [3.05, 3.63) is 0 Å². The van der Waals surface area contributed by atoms with Crippen LogP contribution in [-0.2, 0) is 4.84 Å². The number of hydrogen-bond acceptors (Lipinski definition) is 3. The van der Waals surface area contributed by atoms with Gasteiger partial charge in [-0.25, -0.2) is 4.79 Å². The molecule has 13 heavy (non-hydrogen) atoms. The van der Waals surface area contributed by atoms with Crippen molar-refractivity contribution in [3.8, 4) is 0 Å². The predicted octanol–water partition coefficient (Wildman–Crippen LogP) is 2.01. The highest BCUT2D eigenvalue weighted by molar-refractivity contribution is 5.68. The fraction of sp³-hybridized carbons (Fsp3) is 0.778. The fourth-order valence-electron chi connectivity index (χ4n) is 0.439. The number of nitrogens with zero attached hydrogens (tertiary/aromatic N) is 1. The lowest BCUT2D eigenvalue weighted by Crippen LogP contribution is -2.20. The maximum absolute atomic E-state index is 10.6. The first kappa shape index (κ1) is 11.9. The Morgan fingerprint density at radius 3 is 2.46 bits per heavy atom. The van der Waals surface area contributed by atoms with E-state index in [9.17, 15) is 4.79 Å². The summed E-state index contributed by atoms with van der Waals surface area (Å²) in [4.78, 5) is 15.1. The Morgan fingerprint density at radius 1 is 1.54 bits per heavy atom. The monoisotopic (exact) mass is 186 g/mol. The van der Waals surface area contributed by atoms with E-state index < -0.39 is 6.09 Å². The van der Waals surface area contributed by atoms with Gasteiger partial charge >= 0.3 is 6.09 Å². The highest BCUT2D eigenvalue weighted by Gasteiger charge is 2.18. The van der Waals surface area contributed by atoms with Crippen molar-refractivity contribution in [2.24, 2.45) is 16.5 Å². The van der Waals surface area contributed by atoms with Gasteiger partial charge in [0.1, 0.15) is 0 Å². The molecule has 0 spiro atoms. The summed E-state index contributed by atoms with van der Waals surface area (Å²) in [5, 5.41) is 5.87. The van der Waals surface area contributed by atoms with Crippen LogP contribution in [0.25, 0.3) is 0 Å². The Bertz CT molecular complexity index is 194. The van der Waals surface area contributed by atoms with Gasteiger partial charge in [-0.3, -0.25) is 4.84 Å². The average Bonchev–Trinajstić information content (AvgIpc) is 2.02. The van der Waals surface area contributed by atoms with E-state index in [4.69, 9.17) is 0 Å². The molecule has 76 valence electrons. The van der Waals surface area contributed by atoms with Crippen LogP contribution in [0.4, 0.5) is 4.79 Å². The summed E-state index contributed by atoms with van der Waals surface area (Å²) in [5.74, 6) is 0.261. The van der Waals surface area contributed by atoms with E-state index in [0.717, 1.165) is 0 Å². The molecule has 0 saturated heterocycles. The van der Waals surface area contributed by atoms with Crippen molar-refractivity contribution in [3.63, 3.8) is 0 Å². The summed E-state index contributed by atoms with van der Waals surface area (Å²) in [6.07, 6.45) is 1.09. The van der Waals surface area contributed by atoms with Gasteiger partial charge in [-0.2, -0.15) is 0 Å². The van der Waals surface area contributed by atoms with Gasteiger partial charge in [-0.05, 0) is 11.3 Å². The Balaban J connectivity index is 3.92. The number of oxime groups is 1. The summed E-state index contributed by atoms with van der Waals surface area (Å²) >= 11 is 0. The molecule has 1 atom stereocenters. The number of hydrogen-bond donors (Lipinski definition) is 1. The molecule has 0 rings (SSSR count). The molecule has 1 N–H and O–H groups in total. The van der Waals surface area contributed by atoms with Gasteiger partial charge < -0.3 is 5.32 Å². The van der Waals surface area contributed by atoms with Crippen LogP contribution in [0.3, 0.4) is 0 Å². The SMILES string of the molecule is CNC(=O)O/N=C/C(C)C(C)(C)C. The molecule has 0 aromatic heterocycles. The standard InChI is InChI=1S/C9H18N2O2/c1-7(9(2,3)4)6-11-13-8(12)10-5/h6-7H,1-5H3,(H,10,12)/b11-6+. The fourth-order valence-corrected chi connectivity index (χ4v) is 0.439. The van der Waals surface area contributed by atoms with Crippen LogP contribution in [0, 0.1) is 11.3 Å². The minimum atomic E-state index is -0.544. The quantitative estimate of drug-likeness (QED) is 0.407. The Morgan fingerprint density at radius 2 is 2.08 bits per heavy atom. The summed E-state index contributed by atoms with van der Waals surface area (Å²) in [5.41, 5.74) is 0.134. The molecule has 0 fully saturated rings. The molecule has 0 aliphatic rings. The smallest absolute Gasteiger partial charge is 0.323 e. The predicted molar refractivity (Wildman–Crippen MR) is 52.7 cm³/mol. The van der Waals surface area contributed by atoms with Crippen molar-refractivity contribution in [1.29, 1.82) is 0 Å². The molecule has 0 aromatic carbocycles. The second kappa shape index (κ2) is 4.84. The first-order chi connectivity index (χ1) is 5.88. The summed E-state index contributed by atoms with van der Waals surface area (Å²) in [7, 11) is 1.49. The van der Waals surface area contributed by atoms with Gasteiger partial charge in [0.2, 0.25) is 0 Å². The van der Waals surface area contributed by atoms with Gasteiger partial charge in [-0.15, -0.1) is 0 Å². The highest BCUT2D eigenvalue weighted by atomic mass is 16.7. The molecule has 0 bridgehead atoms. The molecule has 0 radical (unpaired) electrons. The number of carbonyl (C=O) groups is 1.